The average Bonchev–Trinajstić information content (AvgIpc) is 2.61. The molecular formula is C18H14F3N3O. The van der Waals surface area contributed by atoms with Crippen LogP contribution in [-0.2, 0) is 17.5 Å². The number of benzene rings is 2. The van der Waals surface area contributed by atoms with Gasteiger partial charge in [0.05, 0.1) is 11.3 Å². The first-order valence-corrected chi connectivity index (χ1v) is 7.27. The summed E-state index contributed by atoms with van der Waals surface area (Å²) >= 11 is 0. The maximum absolute atomic E-state index is 12.9. The van der Waals surface area contributed by atoms with Crippen molar-refractivity contribution in [2.75, 3.05) is 5.32 Å². The number of nitriles is 1. The van der Waals surface area contributed by atoms with Crippen LogP contribution in [0.3, 0.4) is 0 Å². The molecule has 4 nitrogen and oxygen atoms in total. The lowest BCUT2D eigenvalue weighted by Crippen LogP contribution is -2.24. The predicted octanol–water partition coefficient (Wildman–Crippen LogP) is 3.84. The topological polar surface area (TPSA) is 64.9 Å². The van der Waals surface area contributed by atoms with Crippen molar-refractivity contribution in [1.29, 1.82) is 5.26 Å². The minimum absolute atomic E-state index is 0.206. The number of alkyl halides is 3. The highest BCUT2D eigenvalue weighted by molar-refractivity contribution is 5.97. The Morgan fingerprint density at radius 3 is 2.36 bits per heavy atom. The van der Waals surface area contributed by atoms with Gasteiger partial charge in [0, 0.05) is 12.7 Å². The summed E-state index contributed by atoms with van der Waals surface area (Å²) < 4.78 is 38.8. The molecule has 25 heavy (non-hydrogen) atoms. The summed E-state index contributed by atoms with van der Waals surface area (Å²) in [6, 6.07) is 15.5. The number of anilines is 1. The van der Waals surface area contributed by atoms with Gasteiger partial charge in [0.25, 0.3) is 5.91 Å². The maximum Gasteiger partial charge on any atom is 0.418 e. The summed E-state index contributed by atoms with van der Waals surface area (Å²) in [4.78, 5) is 12.0. The molecule has 2 aromatic rings. The molecule has 0 saturated carbocycles. The minimum atomic E-state index is -4.54. The van der Waals surface area contributed by atoms with Gasteiger partial charge in [-0.2, -0.15) is 18.4 Å². The maximum atomic E-state index is 12.9. The highest BCUT2D eigenvalue weighted by Crippen LogP contribution is 2.34. The predicted molar refractivity (Wildman–Crippen MR) is 87.1 cm³/mol. The second-order valence-corrected chi connectivity index (χ2v) is 5.03. The van der Waals surface area contributed by atoms with Crippen molar-refractivity contribution in [1.82, 2.24) is 5.32 Å². The number of amides is 1. The molecular weight excluding hydrogens is 331 g/mol. The second kappa shape index (κ2) is 8.02. The smallest absolute Gasteiger partial charge is 0.360 e. The van der Waals surface area contributed by atoms with Gasteiger partial charge in [-0.1, -0.05) is 42.5 Å². The Hall–Kier alpha value is -3.27. The molecule has 0 radical (unpaired) electrons. The molecule has 0 aliphatic rings. The number of rotatable bonds is 5. The lowest BCUT2D eigenvalue weighted by Gasteiger charge is -2.12. The number of carbonyl (C=O) groups excluding carboxylic acids is 1. The molecule has 0 aliphatic heterocycles. The van der Waals surface area contributed by atoms with Crippen molar-refractivity contribution < 1.29 is 18.0 Å². The van der Waals surface area contributed by atoms with Gasteiger partial charge < -0.3 is 10.6 Å². The van der Waals surface area contributed by atoms with Crippen LogP contribution < -0.4 is 10.6 Å². The fourth-order valence-corrected chi connectivity index (χ4v) is 2.03. The van der Waals surface area contributed by atoms with Gasteiger partial charge >= 0.3 is 6.18 Å². The molecule has 2 aromatic carbocycles. The molecule has 0 fully saturated rings. The first-order chi connectivity index (χ1) is 11.9. The summed E-state index contributed by atoms with van der Waals surface area (Å²) in [7, 11) is 0. The Kier molecular flexibility index (Phi) is 5.79. The first kappa shape index (κ1) is 18.1. The van der Waals surface area contributed by atoms with E-state index in [1.165, 1.54) is 18.2 Å². The normalized spacial score (nSPS) is 11.5. The van der Waals surface area contributed by atoms with E-state index in [2.05, 4.69) is 10.6 Å². The summed E-state index contributed by atoms with van der Waals surface area (Å²) in [6.07, 6.45) is -3.58. The van der Waals surface area contributed by atoms with Crippen LogP contribution in [0.15, 0.2) is 66.4 Å². The molecule has 7 heteroatoms. The van der Waals surface area contributed by atoms with Gasteiger partial charge in [-0.05, 0) is 17.7 Å². The third kappa shape index (κ3) is 5.11. The zero-order chi connectivity index (χ0) is 18.3. The number of hydrogen-bond donors (Lipinski definition) is 2. The fourth-order valence-electron chi connectivity index (χ4n) is 2.03. The molecule has 0 unspecified atom stereocenters. The van der Waals surface area contributed by atoms with E-state index in [0.29, 0.717) is 0 Å². The second-order valence-electron chi connectivity index (χ2n) is 5.03. The summed E-state index contributed by atoms with van der Waals surface area (Å²) in [6.45, 7) is 0.206. The third-order valence-corrected chi connectivity index (χ3v) is 3.27. The SMILES string of the molecule is N#C/C(=C/Nc1ccccc1C(F)(F)F)C(=O)NCc1ccccc1. The quantitative estimate of drug-likeness (QED) is 0.639. The fraction of sp³-hybridized carbons (Fsp3) is 0.111. The number of hydrogen-bond acceptors (Lipinski definition) is 3. The number of nitrogens with one attached hydrogen (secondary N) is 2. The Morgan fingerprint density at radius 1 is 1.08 bits per heavy atom. The monoisotopic (exact) mass is 345 g/mol. The highest BCUT2D eigenvalue weighted by Gasteiger charge is 2.33. The van der Waals surface area contributed by atoms with Crippen molar-refractivity contribution in [3.05, 3.63) is 77.5 Å². The van der Waals surface area contributed by atoms with Crippen LogP contribution in [0.1, 0.15) is 11.1 Å². The molecule has 0 aliphatic carbocycles. The minimum Gasteiger partial charge on any atom is -0.360 e. The van der Waals surface area contributed by atoms with Gasteiger partial charge in [0.15, 0.2) is 0 Å². The summed E-state index contributed by atoms with van der Waals surface area (Å²) in [5.74, 6) is -0.677. The van der Waals surface area contributed by atoms with E-state index in [1.807, 2.05) is 6.07 Å². The lowest BCUT2D eigenvalue weighted by molar-refractivity contribution is -0.136. The zero-order valence-electron chi connectivity index (χ0n) is 13.0. The Labute approximate surface area is 142 Å². The van der Waals surface area contributed by atoms with Crippen LogP contribution in [-0.4, -0.2) is 5.91 Å². The number of nitrogens with zero attached hydrogens (tertiary/aromatic N) is 1. The van der Waals surface area contributed by atoms with E-state index < -0.39 is 17.6 Å². The molecule has 2 rings (SSSR count). The largest absolute Gasteiger partial charge is 0.418 e. The van der Waals surface area contributed by atoms with E-state index in [0.717, 1.165) is 17.8 Å². The summed E-state index contributed by atoms with van der Waals surface area (Å²) in [5, 5.41) is 14.0. The van der Waals surface area contributed by atoms with Crippen molar-refractivity contribution in [3.8, 4) is 6.07 Å². The lowest BCUT2D eigenvalue weighted by atomic mass is 10.1. The van der Waals surface area contributed by atoms with Crippen molar-refractivity contribution >= 4 is 11.6 Å². The first-order valence-electron chi connectivity index (χ1n) is 7.27. The van der Waals surface area contributed by atoms with Crippen molar-refractivity contribution in [2.24, 2.45) is 0 Å². The Morgan fingerprint density at radius 2 is 1.72 bits per heavy atom. The van der Waals surface area contributed by atoms with E-state index in [9.17, 15) is 18.0 Å². The molecule has 0 aromatic heterocycles. The van der Waals surface area contributed by atoms with Crippen molar-refractivity contribution in [2.45, 2.75) is 12.7 Å². The summed E-state index contributed by atoms with van der Waals surface area (Å²) in [5.41, 5.74) is -0.608. The van der Waals surface area contributed by atoms with Crippen LogP contribution in [0.25, 0.3) is 0 Å². The van der Waals surface area contributed by atoms with E-state index >= 15 is 0 Å². The van der Waals surface area contributed by atoms with Gasteiger partial charge in [0.1, 0.15) is 11.6 Å². The molecule has 0 spiro atoms. The van der Waals surface area contributed by atoms with Gasteiger partial charge in [-0.3, -0.25) is 4.79 Å². The van der Waals surface area contributed by atoms with E-state index in [1.54, 1.807) is 30.3 Å². The van der Waals surface area contributed by atoms with Gasteiger partial charge in [-0.15, -0.1) is 0 Å². The number of carbonyl (C=O) groups is 1. The van der Waals surface area contributed by atoms with Crippen LogP contribution in [0.5, 0.6) is 0 Å². The molecule has 0 saturated heterocycles. The molecule has 0 bridgehead atoms. The third-order valence-electron chi connectivity index (χ3n) is 3.27. The number of para-hydroxylation sites is 1. The van der Waals surface area contributed by atoms with Crippen molar-refractivity contribution in [3.63, 3.8) is 0 Å². The highest BCUT2D eigenvalue weighted by atomic mass is 19.4. The average molecular weight is 345 g/mol. The zero-order valence-corrected chi connectivity index (χ0v) is 13.0. The van der Waals surface area contributed by atoms with E-state index in [4.69, 9.17) is 5.26 Å². The number of halogens is 3. The molecule has 0 heterocycles. The van der Waals surface area contributed by atoms with Crippen LogP contribution >= 0.6 is 0 Å². The molecule has 0 atom stereocenters. The van der Waals surface area contributed by atoms with Crippen LogP contribution in [0, 0.1) is 11.3 Å². The molecule has 128 valence electrons. The molecule has 1 amide bonds. The van der Waals surface area contributed by atoms with Crippen LogP contribution in [0.4, 0.5) is 18.9 Å². The van der Waals surface area contributed by atoms with Gasteiger partial charge in [-0.25, -0.2) is 0 Å². The Bertz CT molecular complexity index is 808. The van der Waals surface area contributed by atoms with Crippen LogP contribution in [0.2, 0.25) is 0 Å². The Balaban J connectivity index is 2.08. The standard InChI is InChI=1S/C18H14F3N3O/c19-18(20,21)15-8-4-5-9-16(15)23-12-14(10-22)17(25)24-11-13-6-2-1-3-7-13/h1-9,12,23H,11H2,(H,24,25)/b14-12-. The van der Waals surface area contributed by atoms with Gasteiger partial charge in [0.2, 0.25) is 0 Å². The molecule has 2 N–H and O–H groups in total. The van der Waals surface area contributed by atoms with E-state index in [-0.39, 0.29) is 17.8 Å².